The molecule has 3 rings (SSSR count). The molecule has 0 aliphatic carbocycles. The van der Waals surface area contributed by atoms with Crippen molar-refractivity contribution >= 4 is 33.8 Å². The lowest BCUT2D eigenvalue weighted by atomic mass is 10.2. The van der Waals surface area contributed by atoms with Crippen molar-refractivity contribution in [2.24, 2.45) is 0 Å². The van der Waals surface area contributed by atoms with E-state index in [0.717, 1.165) is 5.56 Å². The Bertz CT molecular complexity index is 807. The van der Waals surface area contributed by atoms with Crippen molar-refractivity contribution in [3.63, 3.8) is 0 Å². The zero-order chi connectivity index (χ0) is 13.4. The molecule has 0 amide bonds. The van der Waals surface area contributed by atoms with Gasteiger partial charge in [0.05, 0.1) is 12.9 Å². The number of imidazole rings is 1. The third-order valence-electron chi connectivity index (χ3n) is 2.85. The Kier molecular flexibility index (Phi) is 2.97. The van der Waals surface area contributed by atoms with Crippen LogP contribution in [-0.4, -0.2) is 24.5 Å². The highest BCUT2D eigenvalue weighted by atomic mass is 127. The van der Waals surface area contributed by atoms with Crippen LogP contribution < -0.4 is 5.49 Å². The molecule has 2 N–H and O–H groups in total. The summed E-state index contributed by atoms with van der Waals surface area (Å²) in [6.07, 6.45) is 2.84. The average Bonchev–Trinajstić information content (AvgIpc) is 2.81. The molecule has 0 spiro atoms. The van der Waals surface area contributed by atoms with Crippen LogP contribution in [0.15, 0.2) is 36.9 Å². The molecule has 7 heteroatoms. The second-order valence-corrected chi connectivity index (χ2v) is 5.24. The summed E-state index contributed by atoms with van der Waals surface area (Å²) in [4.78, 5) is 8.25. The highest BCUT2D eigenvalue weighted by Crippen LogP contribution is 2.14. The number of nitrogens with zero attached hydrogens (tertiary/aromatic N) is 4. The Morgan fingerprint density at radius 3 is 2.79 bits per heavy atom. The molecule has 19 heavy (non-hydrogen) atoms. The van der Waals surface area contributed by atoms with Crippen LogP contribution in [0.4, 0.5) is 0 Å². The van der Waals surface area contributed by atoms with Gasteiger partial charge in [-0.15, -0.1) is 0 Å². The molecular weight excluding hydrogens is 357 g/mol. The van der Waals surface area contributed by atoms with Gasteiger partial charge in [0, 0.05) is 3.57 Å². The molecule has 96 valence electrons. The zero-order valence-corrected chi connectivity index (χ0v) is 11.9. The number of nitrogens with one attached hydrogen (secondary N) is 1. The van der Waals surface area contributed by atoms with Crippen LogP contribution in [0.2, 0.25) is 0 Å². The van der Waals surface area contributed by atoms with Gasteiger partial charge in [-0.05, 0) is 34.2 Å². The fourth-order valence-electron chi connectivity index (χ4n) is 1.88. The van der Waals surface area contributed by atoms with E-state index < -0.39 is 0 Å². The number of hydrogen-bond acceptors (Lipinski definition) is 4. The van der Waals surface area contributed by atoms with E-state index in [1.165, 1.54) is 9.90 Å². The maximum absolute atomic E-state index is 9.38. The summed E-state index contributed by atoms with van der Waals surface area (Å²) in [5.41, 5.74) is 2.08. The van der Waals surface area contributed by atoms with Crippen molar-refractivity contribution < 1.29 is 5.21 Å². The summed E-state index contributed by atoms with van der Waals surface area (Å²) in [5.74, 6) is 0. The van der Waals surface area contributed by atoms with E-state index in [4.69, 9.17) is 5.41 Å². The number of fused-ring (bicyclic) bond motifs is 1. The predicted molar refractivity (Wildman–Crippen MR) is 76.8 cm³/mol. The van der Waals surface area contributed by atoms with Gasteiger partial charge in [-0.3, -0.25) is 5.41 Å². The number of hydrogen-bond donors (Lipinski definition) is 2. The van der Waals surface area contributed by atoms with Crippen LogP contribution in [0.1, 0.15) is 5.56 Å². The zero-order valence-electron chi connectivity index (χ0n) is 9.79. The quantitative estimate of drug-likeness (QED) is 0.534. The number of aromatic nitrogens is 4. The summed E-state index contributed by atoms with van der Waals surface area (Å²) >= 11 is 2.29. The molecular formula is C12H10IN5O. The molecule has 0 atom stereocenters. The predicted octanol–water partition coefficient (Wildman–Crippen LogP) is 1.60. The van der Waals surface area contributed by atoms with Gasteiger partial charge >= 0.3 is 0 Å². The molecule has 0 saturated carbocycles. The molecule has 0 radical (unpaired) electrons. The molecule has 0 aliphatic heterocycles. The van der Waals surface area contributed by atoms with Crippen LogP contribution in [0.5, 0.6) is 0 Å². The first kappa shape index (κ1) is 12.2. The Morgan fingerprint density at radius 1 is 1.21 bits per heavy atom. The van der Waals surface area contributed by atoms with Crippen molar-refractivity contribution in [3.8, 4) is 0 Å². The van der Waals surface area contributed by atoms with Gasteiger partial charge in [-0.2, -0.15) is 4.73 Å². The molecule has 0 aliphatic rings. The Hall–Kier alpha value is -1.90. The lowest BCUT2D eigenvalue weighted by Gasteiger charge is -2.06. The van der Waals surface area contributed by atoms with Gasteiger partial charge in [0.15, 0.2) is 16.7 Å². The third kappa shape index (κ3) is 2.09. The van der Waals surface area contributed by atoms with Crippen molar-refractivity contribution in [1.29, 1.82) is 5.41 Å². The molecule has 3 aromatic rings. The van der Waals surface area contributed by atoms with E-state index in [1.54, 1.807) is 6.33 Å². The summed E-state index contributed by atoms with van der Waals surface area (Å²) in [6.45, 7) is 0.636. The van der Waals surface area contributed by atoms with Crippen LogP contribution in [0.3, 0.4) is 0 Å². The van der Waals surface area contributed by atoms with Crippen molar-refractivity contribution in [1.82, 2.24) is 19.3 Å². The number of halogens is 1. The van der Waals surface area contributed by atoms with Crippen molar-refractivity contribution in [2.75, 3.05) is 0 Å². The standard InChI is InChI=1S/C12H10IN5O/c13-9-4-2-1-3-8(9)5-17-6-15-10-11(14)18(19)7-16-12(10)17/h1-4,6-7,14,19H,5H2. The number of rotatable bonds is 2. The van der Waals surface area contributed by atoms with Gasteiger partial charge in [-0.1, -0.05) is 18.2 Å². The van der Waals surface area contributed by atoms with E-state index in [-0.39, 0.29) is 5.49 Å². The minimum atomic E-state index is -0.0634. The highest BCUT2D eigenvalue weighted by molar-refractivity contribution is 14.1. The highest BCUT2D eigenvalue weighted by Gasteiger charge is 2.09. The molecule has 0 bridgehead atoms. The average molecular weight is 367 g/mol. The lowest BCUT2D eigenvalue weighted by molar-refractivity contribution is 0.168. The molecule has 2 aromatic heterocycles. The first-order valence-electron chi connectivity index (χ1n) is 5.56. The molecule has 2 heterocycles. The Labute approximate surface area is 122 Å². The Morgan fingerprint density at radius 2 is 2.00 bits per heavy atom. The minimum Gasteiger partial charge on any atom is -0.425 e. The van der Waals surface area contributed by atoms with Gasteiger partial charge in [0.2, 0.25) is 0 Å². The normalized spacial score (nSPS) is 11.0. The largest absolute Gasteiger partial charge is 0.425 e. The fourth-order valence-corrected chi connectivity index (χ4v) is 2.44. The monoisotopic (exact) mass is 367 g/mol. The summed E-state index contributed by atoms with van der Waals surface area (Å²) in [7, 11) is 0. The van der Waals surface area contributed by atoms with E-state index >= 15 is 0 Å². The van der Waals surface area contributed by atoms with E-state index in [9.17, 15) is 5.21 Å². The Balaban J connectivity index is 2.10. The first-order chi connectivity index (χ1) is 9.16. The second-order valence-electron chi connectivity index (χ2n) is 4.07. The van der Waals surface area contributed by atoms with Crippen LogP contribution in [0, 0.1) is 8.98 Å². The topological polar surface area (TPSA) is 79.7 Å². The van der Waals surface area contributed by atoms with E-state index in [2.05, 4.69) is 32.6 Å². The fraction of sp³-hybridized carbons (Fsp3) is 0.0833. The smallest absolute Gasteiger partial charge is 0.192 e. The number of benzene rings is 1. The second kappa shape index (κ2) is 4.65. The van der Waals surface area contributed by atoms with Gasteiger partial charge < -0.3 is 9.77 Å². The minimum absolute atomic E-state index is 0.0634. The van der Waals surface area contributed by atoms with Crippen LogP contribution >= 0.6 is 22.6 Å². The first-order valence-corrected chi connectivity index (χ1v) is 6.64. The maximum Gasteiger partial charge on any atom is 0.192 e. The molecule has 0 saturated heterocycles. The van der Waals surface area contributed by atoms with Crippen LogP contribution in [0.25, 0.3) is 11.2 Å². The summed E-state index contributed by atoms with van der Waals surface area (Å²) < 4.78 is 3.69. The third-order valence-corrected chi connectivity index (χ3v) is 3.90. The van der Waals surface area contributed by atoms with Crippen molar-refractivity contribution in [3.05, 3.63) is 51.5 Å². The van der Waals surface area contributed by atoms with Gasteiger partial charge in [-0.25, -0.2) is 9.97 Å². The van der Waals surface area contributed by atoms with E-state index in [0.29, 0.717) is 22.4 Å². The summed E-state index contributed by atoms with van der Waals surface area (Å²) in [6, 6.07) is 8.07. The van der Waals surface area contributed by atoms with Crippen molar-refractivity contribution in [2.45, 2.75) is 6.54 Å². The van der Waals surface area contributed by atoms with Gasteiger partial charge in [0.25, 0.3) is 0 Å². The van der Waals surface area contributed by atoms with Crippen LogP contribution in [-0.2, 0) is 6.54 Å². The SMILES string of the molecule is N=c1c2ncn(Cc3ccccc3I)c2ncn1O. The van der Waals surface area contributed by atoms with Gasteiger partial charge in [0.1, 0.15) is 6.33 Å². The molecule has 0 unspecified atom stereocenters. The molecule has 0 fully saturated rings. The lowest BCUT2D eigenvalue weighted by Crippen LogP contribution is -2.18. The molecule has 1 aromatic carbocycles. The van der Waals surface area contributed by atoms with E-state index in [1.807, 2.05) is 28.8 Å². The molecule has 6 nitrogen and oxygen atoms in total. The summed E-state index contributed by atoms with van der Waals surface area (Å²) in [5, 5.41) is 17.1. The maximum atomic E-state index is 9.38.